The molecule has 0 spiro atoms. The van der Waals surface area contributed by atoms with Crippen molar-refractivity contribution in [3.8, 4) is 0 Å². The van der Waals surface area contributed by atoms with Gasteiger partial charge in [0.25, 0.3) is 0 Å². The second-order valence-electron chi connectivity index (χ2n) is 3.40. The normalized spacial score (nSPS) is 14.3. The van der Waals surface area contributed by atoms with Crippen LogP contribution in [0.25, 0.3) is 0 Å². The summed E-state index contributed by atoms with van der Waals surface area (Å²) < 4.78 is 24.4. The van der Waals surface area contributed by atoms with Crippen LogP contribution in [-0.4, -0.2) is 37.1 Å². The molecule has 1 atom stereocenters. The molecule has 0 amide bonds. The van der Waals surface area contributed by atoms with Gasteiger partial charge in [0.1, 0.15) is 0 Å². The van der Waals surface area contributed by atoms with Crippen LogP contribution < -0.4 is 5.73 Å². The molecule has 0 heterocycles. The van der Waals surface area contributed by atoms with E-state index in [0.717, 1.165) is 0 Å². The van der Waals surface area contributed by atoms with Gasteiger partial charge in [-0.3, -0.25) is 0 Å². The van der Waals surface area contributed by atoms with Crippen molar-refractivity contribution in [2.24, 2.45) is 11.7 Å². The van der Waals surface area contributed by atoms with Gasteiger partial charge in [-0.25, -0.2) is 12.7 Å². The minimum absolute atomic E-state index is 0.0818. The summed E-state index contributed by atoms with van der Waals surface area (Å²) in [7, 11) is -1.57. The molecule has 0 fully saturated rings. The summed E-state index contributed by atoms with van der Waals surface area (Å²) in [5.74, 6) is 0.0923. The fourth-order valence-electron chi connectivity index (χ4n) is 1.00. The van der Waals surface area contributed by atoms with Gasteiger partial charge in [-0.05, 0) is 6.42 Å². The third-order valence-corrected chi connectivity index (χ3v) is 4.38. The fraction of sp³-hybridized carbons (Fsp3) is 0.875. The van der Waals surface area contributed by atoms with Gasteiger partial charge >= 0.3 is 0 Å². The molecule has 2 N–H and O–H groups in total. The molecule has 84 valence electrons. The topological polar surface area (TPSA) is 63.4 Å². The average Bonchev–Trinajstić information content (AvgIpc) is 2.03. The maximum atomic E-state index is 11.5. The van der Waals surface area contributed by atoms with Crippen molar-refractivity contribution in [3.05, 3.63) is 0 Å². The standard InChI is InChI=1S/C8H18N2O2S2/c1-4-5-14(11,12)10(3)6-7(2)8(9)13/h7H,4-6H2,1-3H3,(H2,9,13). The predicted molar refractivity (Wildman–Crippen MR) is 62.7 cm³/mol. The minimum atomic E-state index is -3.12. The number of rotatable bonds is 6. The van der Waals surface area contributed by atoms with E-state index in [9.17, 15) is 8.42 Å². The number of hydrogen-bond acceptors (Lipinski definition) is 3. The number of nitrogens with two attached hydrogens (primary N) is 1. The molecule has 0 bridgehead atoms. The lowest BCUT2D eigenvalue weighted by molar-refractivity contribution is 0.445. The molecule has 0 aromatic rings. The number of thiocarbonyl (C=S) groups is 1. The molecular weight excluding hydrogens is 220 g/mol. The second kappa shape index (κ2) is 5.63. The first-order valence-electron chi connectivity index (χ1n) is 4.54. The molecule has 4 nitrogen and oxygen atoms in total. The summed E-state index contributed by atoms with van der Waals surface area (Å²) in [5, 5.41) is 0. The van der Waals surface area contributed by atoms with E-state index in [1.165, 1.54) is 4.31 Å². The van der Waals surface area contributed by atoms with Gasteiger partial charge in [0, 0.05) is 19.5 Å². The van der Waals surface area contributed by atoms with Crippen LogP contribution in [0.4, 0.5) is 0 Å². The lowest BCUT2D eigenvalue weighted by Crippen LogP contribution is -2.36. The van der Waals surface area contributed by atoms with Crippen LogP contribution in [0.3, 0.4) is 0 Å². The molecule has 0 aromatic heterocycles. The van der Waals surface area contributed by atoms with Gasteiger partial charge in [0.05, 0.1) is 10.7 Å². The Morgan fingerprint density at radius 2 is 2.07 bits per heavy atom. The Hall–Kier alpha value is -0.200. The quantitative estimate of drug-likeness (QED) is 0.688. The third-order valence-electron chi connectivity index (χ3n) is 1.95. The summed E-state index contributed by atoms with van der Waals surface area (Å²) in [5.41, 5.74) is 5.41. The maximum Gasteiger partial charge on any atom is 0.213 e. The SMILES string of the molecule is CCCS(=O)(=O)N(C)CC(C)C(N)=S. The molecule has 14 heavy (non-hydrogen) atoms. The highest BCUT2D eigenvalue weighted by Gasteiger charge is 2.19. The molecule has 0 aliphatic rings. The van der Waals surface area contributed by atoms with E-state index in [2.05, 4.69) is 0 Å². The highest BCUT2D eigenvalue weighted by Crippen LogP contribution is 2.05. The van der Waals surface area contributed by atoms with Gasteiger partial charge in [0.2, 0.25) is 10.0 Å². The van der Waals surface area contributed by atoms with E-state index in [1.807, 2.05) is 13.8 Å². The number of sulfonamides is 1. The largest absolute Gasteiger partial charge is 0.393 e. The van der Waals surface area contributed by atoms with Crippen LogP contribution in [0.5, 0.6) is 0 Å². The lowest BCUT2D eigenvalue weighted by atomic mass is 10.2. The molecular formula is C8H18N2O2S2. The van der Waals surface area contributed by atoms with Crippen LogP contribution in [-0.2, 0) is 10.0 Å². The first-order valence-corrected chi connectivity index (χ1v) is 6.56. The lowest BCUT2D eigenvalue weighted by Gasteiger charge is -2.20. The van der Waals surface area contributed by atoms with Crippen molar-refractivity contribution < 1.29 is 8.42 Å². The molecule has 0 aliphatic heterocycles. The Kier molecular flexibility index (Phi) is 5.54. The summed E-state index contributed by atoms with van der Waals surface area (Å²) >= 11 is 4.78. The van der Waals surface area contributed by atoms with E-state index >= 15 is 0 Å². The Labute approximate surface area is 91.5 Å². The molecule has 6 heteroatoms. The second-order valence-corrected chi connectivity index (χ2v) is 6.07. The molecule has 1 unspecified atom stereocenters. The summed E-state index contributed by atoms with van der Waals surface area (Å²) in [6, 6.07) is 0. The van der Waals surface area contributed by atoms with E-state index in [4.69, 9.17) is 18.0 Å². The molecule has 0 aromatic carbocycles. The number of nitrogens with zero attached hydrogens (tertiary/aromatic N) is 1. The van der Waals surface area contributed by atoms with E-state index < -0.39 is 10.0 Å². The summed E-state index contributed by atoms with van der Waals surface area (Å²) in [6.07, 6.45) is 0.619. The minimum Gasteiger partial charge on any atom is -0.393 e. The van der Waals surface area contributed by atoms with Crippen molar-refractivity contribution in [2.45, 2.75) is 20.3 Å². The van der Waals surface area contributed by atoms with Gasteiger partial charge in [-0.15, -0.1) is 0 Å². The zero-order valence-corrected chi connectivity index (χ0v) is 10.5. The monoisotopic (exact) mass is 238 g/mol. The fourth-order valence-corrected chi connectivity index (χ4v) is 2.36. The van der Waals surface area contributed by atoms with Crippen molar-refractivity contribution in [3.63, 3.8) is 0 Å². The zero-order chi connectivity index (χ0) is 11.4. The zero-order valence-electron chi connectivity index (χ0n) is 8.86. The summed E-state index contributed by atoms with van der Waals surface area (Å²) in [6.45, 7) is 4.01. The highest BCUT2D eigenvalue weighted by molar-refractivity contribution is 7.89. The van der Waals surface area contributed by atoms with Crippen LogP contribution in [0, 0.1) is 5.92 Å². The van der Waals surface area contributed by atoms with Gasteiger partial charge in [-0.2, -0.15) is 0 Å². The number of hydrogen-bond donors (Lipinski definition) is 1. The summed E-state index contributed by atoms with van der Waals surface area (Å²) in [4.78, 5) is 0.351. The van der Waals surface area contributed by atoms with Crippen molar-refractivity contribution in [2.75, 3.05) is 19.3 Å². The molecule has 0 radical (unpaired) electrons. The first-order chi connectivity index (χ1) is 6.31. The third kappa shape index (κ3) is 4.34. The van der Waals surface area contributed by atoms with E-state index in [-0.39, 0.29) is 11.7 Å². The Balaban J connectivity index is 4.34. The predicted octanol–water partition coefficient (Wildman–Crippen LogP) is 0.580. The van der Waals surface area contributed by atoms with E-state index in [0.29, 0.717) is 18.0 Å². The Morgan fingerprint density at radius 1 is 1.57 bits per heavy atom. The molecule has 0 aliphatic carbocycles. The average molecular weight is 238 g/mol. The van der Waals surface area contributed by atoms with E-state index in [1.54, 1.807) is 7.05 Å². The van der Waals surface area contributed by atoms with Gasteiger partial charge in [0.15, 0.2) is 0 Å². The highest BCUT2D eigenvalue weighted by atomic mass is 32.2. The van der Waals surface area contributed by atoms with Crippen molar-refractivity contribution in [1.29, 1.82) is 0 Å². The molecule has 0 rings (SSSR count). The Bertz CT molecular complexity index is 288. The van der Waals surface area contributed by atoms with Crippen LogP contribution in [0.2, 0.25) is 0 Å². The first kappa shape index (κ1) is 13.8. The molecule has 0 saturated carbocycles. The Morgan fingerprint density at radius 3 is 2.43 bits per heavy atom. The van der Waals surface area contributed by atoms with Crippen molar-refractivity contribution in [1.82, 2.24) is 4.31 Å². The van der Waals surface area contributed by atoms with Crippen molar-refractivity contribution >= 4 is 27.2 Å². The van der Waals surface area contributed by atoms with Gasteiger partial charge < -0.3 is 5.73 Å². The van der Waals surface area contributed by atoms with Crippen LogP contribution in [0.1, 0.15) is 20.3 Å². The maximum absolute atomic E-state index is 11.5. The smallest absolute Gasteiger partial charge is 0.213 e. The molecule has 0 saturated heterocycles. The van der Waals surface area contributed by atoms with Crippen LogP contribution in [0.15, 0.2) is 0 Å². The van der Waals surface area contributed by atoms with Crippen LogP contribution >= 0.6 is 12.2 Å². The van der Waals surface area contributed by atoms with Gasteiger partial charge in [-0.1, -0.05) is 26.1 Å².